The largest absolute Gasteiger partial charge is 0.444 e. The Hall–Kier alpha value is -1.40. The minimum absolute atomic E-state index is 0.242. The van der Waals surface area contributed by atoms with Crippen LogP contribution in [0, 0.1) is 0 Å². The zero-order chi connectivity index (χ0) is 15.5. The average Bonchev–Trinajstić information content (AvgIpc) is 2.83. The number of hydrogen-bond donors (Lipinski definition) is 1. The predicted octanol–water partition coefficient (Wildman–Crippen LogP) is 2.23. The molecule has 0 bridgehead atoms. The van der Waals surface area contributed by atoms with Gasteiger partial charge in [-0.3, -0.25) is 0 Å². The van der Waals surface area contributed by atoms with Crippen molar-refractivity contribution in [3.05, 3.63) is 23.2 Å². The molecule has 1 aliphatic heterocycles. The van der Waals surface area contributed by atoms with Crippen LogP contribution in [0.15, 0.2) is 12.3 Å². The molecule has 0 aliphatic carbocycles. The molecule has 0 radical (unpaired) electrons. The van der Waals surface area contributed by atoms with Crippen molar-refractivity contribution >= 4 is 17.7 Å². The highest BCUT2D eigenvalue weighted by molar-refractivity contribution is 6.28. The van der Waals surface area contributed by atoms with E-state index in [2.05, 4.69) is 15.3 Å². The number of hydrogen-bond acceptors (Lipinski definition) is 5. The molecule has 1 aromatic heterocycles. The number of rotatable bonds is 3. The Morgan fingerprint density at radius 3 is 3.00 bits per heavy atom. The molecule has 1 atom stereocenters. The third kappa shape index (κ3) is 5.13. The number of aromatic nitrogens is 2. The van der Waals surface area contributed by atoms with Gasteiger partial charge in [0.1, 0.15) is 5.60 Å². The number of likely N-dealkylation sites (tertiary alicyclic amines) is 1. The number of nitrogens with zero attached hydrogens (tertiary/aromatic N) is 3. The molecule has 1 aromatic rings. The van der Waals surface area contributed by atoms with E-state index in [1.54, 1.807) is 11.1 Å². The monoisotopic (exact) mass is 312 g/mol. The Morgan fingerprint density at radius 1 is 1.57 bits per heavy atom. The lowest BCUT2D eigenvalue weighted by atomic mass is 10.2. The van der Waals surface area contributed by atoms with E-state index in [1.807, 2.05) is 26.8 Å². The van der Waals surface area contributed by atoms with Crippen LogP contribution in [-0.2, 0) is 11.3 Å². The van der Waals surface area contributed by atoms with Crippen LogP contribution in [0.2, 0.25) is 5.28 Å². The fourth-order valence-electron chi connectivity index (χ4n) is 2.14. The molecule has 7 heteroatoms. The lowest BCUT2D eigenvalue weighted by molar-refractivity contribution is 0.0291. The second-order valence-electron chi connectivity index (χ2n) is 6.11. The van der Waals surface area contributed by atoms with Crippen molar-refractivity contribution in [3.8, 4) is 0 Å². The van der Waals surface area contributed by atoms with Crippen LogP contribution in [0.25, 0.3) is 0 Å². The molecule has 1 amide bonds. The van der Waals surface area contributed by atoms with Crippen molar-refractivity contribution in [2.45, 2.75) is 45.4 Å². The van der Waals surface area contributed by atoms with E-state index in [0.717, 1.165) is 12.1 Å². The van der Waals surface area contributed by atoms with E-state index in [-0.39, 0.29) is 17.4 Å². The van der Waals surface area contributed by atoms with Gasteiger partial charge in [0.05, 0.1) is 5.69 Å². The van der Waals surface area contributed by atoms with E-state index in [9.17, 15) is 4.79 Å². The first-order valence-electron chi connectivity index (χ1n) is 7.02. The van der Waals surface area contributed by atoms with E-state index < -0.39 is 5.60 Å². The van der Waals surface area contributed by atoms with Gasteiger partial charge < -0.3 is 15.0 Å². The SMILES string of the molecule is CC(C)(C)OC(=O)N1CC[C@H](NCc2ccnc(Cl)n2)C1. The maximum absolute atomic E-state index is 12.0. The van der Waals surface area contributed by atoms with Crippen LogP contribution in [0.5, 0.6) is 0 Å². The summed E-state index contributed by atoms with van der Waals surface area (Å²) >= 11 is 5.75. The van der Waals surface area contributed by atoms with E-state index in [1.165, 1.54) is 0 Å². The molecule has 1 fully saturated rings. The smallest absolute Gasteiger partial charge is 0.410 e. The van der Waals surface area contributed by atoms with Gasteiger partial charge in [0, 0.05) is 31.9 Å². The predicted molar refractivity (Wildman–Crippen MR) is 80.1 cm³/mol. The summed E-state index contributed by atoms with van der Waals surface area (Å²) in [6, 6.07) is 2.06. The lowest BCUT2D eigenvalue weighted by Gasteiger charge is -2.24. The summed E-state index contributed by atoms with van der Waals surface area (Å²) in [7, 11) is 0. The summed E-state index contributed by atoms with van der Waals surface area (Å²) in [5, 5.41) is 3.62. The van der Waals surface area contributed by atoms with Crippen molar-refractivity contribution in [3.63, 3.8) is 0 Å². The van der Waals surface area contributed by atoms with E-state index in [0.29, 0.717) is 19.6 Å². The summed E-state index contributed by atoms with van der Waals surface area (Å²) in [4.78, 5) is 21.7. The Bertz CT molecular complexity index is 504. The second kappa shape index (κ2) is 6.58. The van der Waals surface area contributed by atoms with Gasteiger partial charge >= 0.3 is 6.09 Å². The van der Waals surface area contributed by atoms with Gasteiger partial charge in [0.15, 0.2) is 0 Å². The number of amides is 1. The number of ether oxygens (including phenoxy) is 1. The molecular formula is C14H21ClN4O2. The molecule has 0 spiro atoms. The molecule has 2 rings (SSSR count). The Balaban J connectivity index is 1.79. The molecule has 1 saturated heterocycles. The number of carbonyl (C=O) groups excluding carboxylic acids is 1. The highest BCUT2D eigenvalue weighted by Gasteiger charge is 2.29. The highest BCUT2D eigenvalue weighted by Crippen LogP contribution is 2.15. The quantitative estimate of drug-likeness (QED) is 0.867. The molecule has 1 N–H and O–H groups in total. The van der Waals surface area contributed by atoms with Gasteiger partial charge in [-0.2, -0.15) is 0 Å². The van der Waals surface area contributed by atoms with Crippen LogP contribution in [0.1, 0.15) is 32.9 Å². The van der Waals surface area contributed by atoms with Gasteiger partial charge in [-0.15, -0.1) is 0 Å². The number of carbonyl (C=O) groups is 1. The van der Waals surface area contributed by atoms with E-state index >= 15 is 0 Å². The maximum Gasteiger partial charge on any atom is 0.410 e. The summed E-state index contributed by atoms with van der Waals surface area (Å²) in [6.45, 7) is 7.57. The fourth-order valence-corrected chi connectivity index (χ4v) is 2.30. The molecule has 2 heterocycles. The first-order chi connectivity index (χ1) is 9.83. The molecule has 21 heavy (non-hydrogen) atoms. The van der Waals surface area contributed by atoms with Crippen LogP contribution >= 0.6 is 11.6 Å². The van der Waals surface area contributed by atoms with Gasteiger partial charge in [-0.25, -0.2) is 14.8 Å². The lowest BCUT2D eigenvalue weighted by Crippen LogP contribution is -2.38. The molecule has 116 valence electrons. The zero-order valence-electron chi connectivity index (χ0n) is 12.6. The second-order valence-corrected chi connectivity index (χ2v) is 6.45. The summed E-state index contributed by atoms with van der Waals surface area (Å²) in [6.07, 6.45) is 2.28. The third-order valence-electron chi connectivity index (χ3n) is 3.10. The van der Waals surface area contributed by atoms with Crippen LogP contribution < -0.4 is 5.32 Å². The molecule has 1 aliphatic rings. The van der Waals surface area contributed by atoms with Crippen LogP contribution in [0.3, 0.4) is 0 Å². The van der Waals surface area contributed by atoms with Gasteiger partial charge in [0.2, 0.25) is 5.28 Å². The van der Waals surface area contributed by atoms with E-state index in [4.69, 9.17) is 16.3 Å². The summed E-state index contributed by atoms with van der Waals surface area (Å²) in [5.74, 6) is 0. The normalized spacial score (nSPS) is 18.9. The molecule has 0 aromatic carbocycles. The standard InChI is InChI=1S/C14H21ClN4O2/c1-14(2,3)21-13(20)19-7-5-11(9-19)17-8-10-4-6-16-12(15)18-10/h4,6,11,17H,5,7-9H2,1-3H3/t11-/m0/s1. The third-order valence-corrected chi connectivity index (χ3v) is 3.28. The average molecular weight is 313 g/mol. The van der Waals surface area contributed by atoms with Gasteiger partial charge in [-0.1, -0.05) is 0 Å². The molecule has 0 saturated carbocycles. The Kier molecular flexibility index (Phi) is 5.00. The van der Waals surface area contributed by atoms with Crippen LogP contribution in [-0.4, -0.2) is 45.7 Å². The Labute approximate surface area is 129 Å². The van der Waals surface area contributed by atoms with Gasteiger partial charge in [0.25, 0.3) is 0 Å². The topological polar surface area (TPSA) is 67.3 Å². The highest BCUT2D eigenvalue weighted by atomic mass is 35.5. The Morgan fingerprint density at radius 2 is 2.33 bits per heavy atom. The van der Waals surface area contributed by atoms with Crippen molar-refractivity contribution in [1.29, 1.82) is 0 Å². The van der Waals surface area contributed by atoms with Gasteiger partial charge in [-0.05, 0) is 44.9 Å². The van der Waals surface area contributed by atoms with Crippen LogP contribution in [0.4, 0.5) is 4.79 Å². The van der Waals surface area contributed by atoms with Crippen molar-refractivity contribution in [2.24, 2.45) is 0 Å². The first kappa shape index (κ1) is 16.0. The minimum atomic E-state index is -0.458. The maximum atomic E-state index is 12.0. The van der Waals surface area contributed by atoms with Crippen molar-refractivity contribution < 1.29 is 9.53 Å². The molecule has 0 unspecified atom stereocenters. The van der Waals surface area contributed by atoms with Crippen molar-refractivity contribution in [2.75, 3.05) is 13.1 Å². The molecular weight excluding hydrogens is 292 g/mol. The minimum Gasteiger partial charge on any atom is -0.444 e. The first-order valence-corrected chi connectivity index (χ1v) is 7.40. The summed E-state index contributed by atoms with van der Waals surface area (Å²) in [5.41, 5.74) is 0.381. The fraction of sp³-hybridized carbons (Fsp3) is 0.643. The van der Waals surface area contributed by atoms with Crippen molar-refractivity contribution in [1.82, 2.24) is 20.2 Å². The number of nitrogens with one attached hydrogen (secondary N) is 1. The zero-order valence-corrected chi connectivity index (χ0v) is 13.4. The molecule has 6 nitrogen and oxygen atoms in total. The number of halogens is 1. The summed E-state index contributed by atoms with van der Waals surface area (Å²) < 4.78 is 5.37.